The van der Waals surface area contributed by atoms with Crippen LogP contribution in [0, 0.1) is 11.7 Å². The predicted octanol–water partition coefficient (Wildman–Crippen LogP) is 2.58. The number of phenols is 1. The van der Waals surface area contributed by atoms with Crippen LogP contribution in [0.25, 0.3) is 0 Å². The first-order valence-electron chi connectivity index (χ1n) is 4.80. The van der Waals surface area contributed by atoms with Crippen molar-refractivity contribution in [3.05, 3.63) is 29.6 Å². The lowest BCUT2D eigenvalue weighted by Gasteiger charge is -2.19. The highest BCUT2D eigenvalue weighted by Gasteiger charge is 2.18. The van der Waals surface area contributed by atoms with Crippen molar-refractivity contribution in [1.29, 1.82) is 0 Å². The molecule has 0 heterocycles. The fourth-order valence-corrected chi connectivity index (χ4v) is 1.36. The van der Waals surface area contributed by atoms with E-state index in [-0.39, 0.29) is 17.7 Å². The van der Waals surface area contributed by atoms with Crippen LogP contribution < -0.4 is 5.73 Å². The molecule has 1 rings (SSSR count). The van der Waals surface area contributed by atoms with E-state index >= 15 is 0 Å². The van der Waals surface area contributed by atoms with Gasteiger partial charge in [-0.3, -0.25) is 0 Å². The number of hydrogen-bond acceptors (Lipinski definition) is 2. The van der Waals surface area contributed by atoms with Gasteiger partial charge in [0.2, 0.25) is 0 Å². The van der Waals surface area contributed by atoms with Crippen LogP contribution in [0.2, 0.25) is 0 Å². The predicted molar refractivity (Wildman–Crippen MR) is 54.4 cm³/mol. The van der Waals surface area contributed by atoms with E-state index in [2.05, 4.69) is 0 Å². The second kappa shape index (κ2) is 4.42. The van der Waals surface area contributed by atoms with Gasteiger partial charge in [-0.05, 0) is 12.0 Å². The van der Waals surface area contributed by atoms with E-state index in [0.717, 1.165) is 6.42 Å². The van der Waals surface area contributed by atoms with Gasteiger partial charge in [0.1, 0.15) is 0 Å². The normalized spacial score (nSPS) is 15.1. The van der Waals surface area contributed by atoms with Crippen LogP contribution in [0.15, 0.2) is 18.2 Å². The van der Waals surface area contributed by atoms with Gasteiger partial charge in [0.25, 0.3) is 0 Å². The van der Waals surface area contributed by atoms with Crippen LogP contribution in [0.1, 0.15) is 31.9 Å². The van der Waals surface area contributed by atoms with Gasteiger partial charge in [0, 0.05) is 11.6 Å². The molecule has 3 N–H and O–H groups in total. The lowest BCUT2D eigenvalue weighted by atomic mass is 9.93. The number of rotatable bonds is 3. The third-order valence-electron chi connectivity index (χ3n) is 2.63. The van der Waals surface area contributed by atoms with Crippen molar-refractivity contribution in [2.75, 3.05) is 0 Å². The maximum Gasteiger partial charge on any atom is 0.165 e. The van der Waals surface area contributed by atoms with Gasteiger partial charge in [-0.1, -0.05) is 32.4 Å². The van der Waals surface area contributed by atoms with Crippen LogP contribution in [-0.2, 0) is 0 Å². The number of halogens is 1. The molecule has 0 saturated heterocycles. The standard InChI is InChI=1S/C11H16FNO/c1-3-7(2)10(13)8-5-4-6-9(12)11(8)14/h4-7,10,14H,3,13H2,1-2H3/t7?,10-/m1/s1. The maximum atomic E-state index is 13.0. The fraction of sp³-hybridized carbons (Fsp3) is 0.455. The molecular weight excluding hydrogens is 181 g/mol. The lowest BCUT2D eigenvalue weighted by molar-refractivity contribution is 0.396. The number of hydrogen-bond donors (Lipinski definition) is 2. The average molecular weight is 197 g/mol. The Kier molecular flexibility index (Phi) is 3.47. The molecule has 0 bridgehead atoms. The van der Waals surface area contributed by atoms with Crippen molar-refractivity contribution in [3.8, 4) is 5.75 Å². The number of benzene rings is 1. The van der Waals surface area contributed by atoms with E-state index in [0.29, 0.717) is 5.56 Å². The van der Waals surface area contributed by atoms with E-state index in [9.17, 15) is 9.50 Å². The molecule has 0 aromatic heterocycles. The first-order valence-corrected chi connectivity index (χ1v) is 4.80. The summed E-state index contributed by atoms with van der Waals surface area (Å²) in [5, 5.41) is 9.46. The minimum absolute atomic E-state index is 0.225. The zero-order chi connectivity index (χ0) is 10.7. The maximum absolute atomic E-state index is 13.0. The minimum Gasteiger partial charge on any atom is -0.505 e. The van der Waals surface area contributed by atoms with Gasteiger partial charge in [-0.15, -0.1) is 0 Å². The topological polar surface area (TPSA) is 46.2 Å². The van der Waals surface area contributed by atoms with Gasteiger partial charge in [0.05, 0.1) is 0 Å². The van der Waals surface area contributed by atoms with Gasteiger partial charge >= 0.3 is 0 Å². The Bertz CT molecular complexity index is 314. The van der Waals surface area contributed by atoms with Crippen LogP contribution >= 0.6 is 0 Å². The average Bonchev–Trinajstić information content (AvgIpc) is 2.20. The summed E-state index contributed by atoms with van der Waals surface area (Å²) in [5.41, 5.74) is 6.38. The molecule has 0 spiro atoms. The third kappa shape index (κ3) is 2.04. The summed E-state index contributed by atoms with van der Waals surface area (Å²) in [6, 6.07) is 4.14. The highest BCUT2D eigenvalue weighted by Crippen LogP contribution is 2.30. The summed E-state index contributed by atoms with van der Waals surface area (Å²) >= 11 is 0. The molecule has 0 aliphatic rings. The first-order chi connectivity index (χ1) is 6.57. The molecule has 0 aliphatic heterocycles. The molecule has 78 valence electrons. The van der Waals surface area contributed by atoms with Gasteiger partial charge in [-0.2, -0.15) is 0 Å². The van der Waals surface area contributed by atoms with E-state index < -0.39 is 5.82 Å². The van der Waals surface area contributed by atoms with E-state index in [4.69, 9.17) is 5.73 Å². The third-order valence-corrected chi connectivity index (χ3v) is 2.63. The summed E-state index contributed by atoms with van der Waals surface area (Å²) < 4.78 is 13.0. The Morgan fingerprint density at radius 3 is 2.71 bits per heavy atom. The number of nitrogens with two attached hydrogens (primary N) is 1. The molecule has 1 unspecified atom stereocenters. The Labute approximate surface area is 83.6 Å². The van der Waals surface area contributed by atoms with Crippen LogP contribution in [0.3, 0.4) is 0 Å². The second-order valence-corrected chi connectivity index (χ2v) is 3.59. The highest BCUT2D eigenvalue weighted by atomic mass is 19.1. The summed E-state index contributed by atoms with van der Waals surface area (Å²) in [6.07, 6.45) is 0.900. The van der Waals surface area contributed by atoms with Crippen LogP contribution in [0.5, 0.6) is 5.75 Å². The van der Waals surface area contributed by atoms with Crippen LogP contribution in [0.4, 0.5) is 4.39 Å². The SMILES string of the molecule is CCC(C)[C@@H](N)c1cccc(F)c1O. The molecule has 1 aromatic rings. The molecule has 2 nitrogen and oxygen atoms in total. The number of phenolic OH excluding ortho intramolecular Hbond substituents is 1. The Morgan fingerprint density at radius 1 is 1.50 bits per heavy atom. The monoisotopic (exact) mass is 197 g/mol. The number of para-hydroxylation sites is 1. The van der Waals surface area contributed by atoms with Crippen molar-refractivity contribution < 1.29 is 9.50 Å². The Balaban J connectivity index is 3.01. The molecule has 0 aliphatic carbocycles. The zero-order valence-electron chi connectivity index (χ0n) is 8.50. The molecule has 2 atom stereocenters. The summed E-state index contributed by atoms with van der Waals surface area (Å²) in [5.74, 6) is -0.704. The largest absolute Gasteiger partial charge is 0.505 e. The molecule has 0 saturated carbocycles. The van der Waals surface area contributed by atoms with Gasteiger partial charge < -0.3 is 10.8 Å². The van der Waals surface area contributed by atoms with E-state index in [1.165, 1.54) is 6.07 Å². The molecule has 14 heavy (non-hydrogen) atoms. The lowest BCUT2D eigenvalue weighted by Crippen LogP contribution is -2.18. The van der Waals surface area contributed by atoms with Crippen LogP contribution in [-0.4, -0.2) is 5.11 Å². The fourth-order valence-electron chi connectivity index (χ4n) is 1.36. The Morgan fingerprint density at radius 2 is 2.14 bits per heavy atom. The van der Waals surface area contributed by atoms with Crippen molar-refractivity contribution in [2.24, 2.45) is 11.7 Å². The zero-order valence-corrected chi connectivity index (χ0v) is 8.50. The first kappa shape index (κ1) is 11.0. The molecule has 1 aromatic carbocycles. The molecule has 0 fully saturated rings. The molecular formula is C11H16FNO. The Hall–Kier alpha value is -1.09. The van der Waals surface area contributed by atoms with Crippen molar-refractivity contribution >= 4 is 0 Å². The van der Waals surface area contributed by atoms with E-state index in [1.54, 1.807) is 12.1 Å². The molecule has 3 heteroatoms. The second-order valence-electron chi connectivity index (χ2n) is 3.59. The van der Waals surface area contributed by atoms with Gasteiger partial charge in [-0.25, -0.2) is 4.39 Å². The summed E-state index contributed by atoms with van der Waals surface area (Å²) in [4.78, 5) is 0. The summed E-state index contributed by atoms with van der Waals surface area (Å²) in [6.45, 7) is 4.00. The van der Waals surface area contributed by atoms with E-state index in [1.807, 2.05) is 13.8 Å². The van der Waals surface area contributed by atoms with Crippen molar-refractivity contribution in [2.45, 2.75) is 26.3 Å². The smallest absolute Gasteiger partial charge is 0.165 e. The van der Waals surface area contributed by atoms with Crippen molar-refractivity contribution in [1.82, 2.24) is 0 Å². The molecule has 0 radical (unpaired) electrons. The molecule has 0 amide bonds. The van der Waals surface area contributed by atoms with Crippen molar-refractivity contribution in [3.63, 3.8) is 0 Å². The number of aromatic hydroxyl groups is 1. The van der Waals surface area contributed by atoms with Gasteiger partial charge in [0.15, 0.2) is 11.6 Å². The highest BCUT2D eigenvalue weighted by molar-refractivity contribution is 5.36. The summed E-state index contributed by atoms with van der Waals surface area (Å²) in [7, 11) is 0. The quantitative estimate of drug-likeness (QED) is 0.782. The minimum atomic E-state index is -0.610.